The maximum atomic E-state index is 12.8. The molecular formula is C24H25N3O6S. The van der Waals surface area contributed by atoms with E-state index in [-0.39, 0.29) is 22.6 Å². The van der Waals surface area contributed by atoms with Crippen LogP contribution in [0.5, 0.6) is 11.5 Å². The number of amides is 2. The molecule has 0 saturated carbocycles. The van der Waals surface area contributed by atoms with Gasteiger partial charge in [-0.2, -0.15) is 0 Å². The molecule has 3 rings (SSSR count). The summed E-state index contributed by atoms with van der Waals surface area (Å²) in [6.07, 6.45) is 0.601. The van der Waals surface area contributed by atoms with Crippen LogP contribution in [0, 0.1) is 0 Å². The number of rotatable bonds is 10. The van der Waals surface area contributed by atoms with Gasteiger partial charge in [0.25, 0.3) is 15.9 Å². The van der Waals surface area contributed by atoms with Gasteiger partial charge in [0.15, 0.2) is 0 Å². The number of benzene rings is 3. The Morgan fingerprint density at radius 3 is 2.38 bits per heavy atom. The van der Waals surface area contributed by atoms with Crippen molar-refractivity contribution in [1.29, 1.82) is 0 Å². The third-order valence-corrected chi connectivity index (χ3v) is 6.00. The minimum absolute atomic E-state index is 0.0654. The maximum absolute atomic E-state index is 12.8. The van der Waals surface area contributed by atoms with Gasteiger partial charge in [-0.25, -0.2) is 8.42 Å². The summed E-state index contributed by atoms with van der Waals surface area (Å²) in [5, 5.41) is 0. The van der Waals surface area contributed by atoms with E-state index in [1.807, 2.05) is 30.3 Å². The lowest BCUT2D eigenvalue weighted by molar-refractivity contribution is -0.122. The maximum Gasteiger partial charge on any atom is 0.269 e. The zero-order valence-electron chi connectivity index (χ0n) is 18.5. The summed E-state index contributed by atoms with van der Waals surface area (Å²) in [4.78, 5) is 24.3. The fourth-order valence-electron chi connectivity index (χ4n) is 2.94. The van der Waals surface area contributed by atoms with Crippen molar-refractivity contribution in [3.05, 3.63) is 84.4 Å². The molecule has 0 aliphatic carbocycles. The Balaban J connectivity index is 1.52. The quantitative estimate of drug-likeness (QED) is 0.301. The van der Waals surface area contributed by atoms with Crippen LogP contribution < -0.4 is 25.0 Å². The van der Waals surface area contributed by atoms with Crippen LogP contribution in [0.25, 0.3) is 0 Å². The van der Waals surface area contributed by atoms with Crippen LogP contribution in [0.4, 0.5) is 5.69 Å². The first-order chi connectivity index (χ1) is 16.4. The van der Waals surface area contributed by atoms with Gasteiger partial charge in [0.05, 0.1) is 24.3 Å². The Hall–Kier alpha value is -4.05. The average molecular weight is 484 g/mol. The molecular weight excluding hydrogens is 458 g/mol. The van der Waals surface area contributed by atoms with Gasteiger partial charge < -0.3 is 9.47 Å². The van der Waals surface area contributed by atoms with Gasteiger partial charge in [0, 0.05) is 12.0 Å². The SMILES string of the molecule is COc1ccccc1NS(=O)(=O)c1cccc(C(=O)NNC(=O)CCCOc2ccccc2)c1. The number of ether oxygens (including phenoxy) is 2. The van der Waals surface area contributed by atoms with Crippen LogP contribution in [0.1, 0.15) is 23.2 Å². The molecule has 3 aromatic rings. The molecule has 0 bridgehead atoms. The summed E-state index contributed by atoms with van der Waals surface area (Å²) in [5.41, 5.74) is 4.94. The molecule has 3 aromatic carbocycles. The first kappa shape index (κ1) is 24.6. The lowest BCUT2D eigenvalue weighted by atomic mass is 10.2. The molecule has 0 atom stereocenters. The zero-order valence-corrected chi connectivity index (χ0v) is 19.3. The van der Waals surface area contributed by atoms with Crippen molar-refractivity contribution >= 4 is 27.5 Å². The molecule has 178 valence electrons. The highest BCUT2D eigenvalue weighted by atomic mass is 32.2. The Labute approximate surface area is 198 Å². The third kappa shape index (κ3) is 6.97. The summed E-state index contributed by atoms with van der Waals surface area (Å²) in [6, 6.07) is 21.3. The van der Waals surface area contributed by atoms with Crippen molar-refractivity contribution in [2.45, 2.75) is 17.7 Å². The summed E-state index contributed by atoms with van der Waals surface area (Å²) < 4.78 is 38.7. The van der Waals surface area contributed by atoms with Gasteiger partial charge in [-0.15, -0.1) is 0 Å². The van der Waals surface area contributed by atoms with Gasteiger partial charge in [-0.05, 0) is 48.9 Å². The lowest BCUT2D eigenvalue weighted by Crippen LogP contribution is -2.41. The molecule has 0 aliphatic rings. The molecule has 0 heterocycles. The number of anilines is 1. The summed E-state index contributed by atoms with van der Waals surface area (Å²) in [7, 11) is -2.55. The van der Waals surface area contributed by atoms with E-state index in [1.54, 1.807) is 24.3 Å². The largest absolute Gasteiger partial charge is 0.495 e. The highest BCUT2D eigenvalue weighted by Gasteiger charge is 2.18. The van der Waals surface area contributed by atoms with E-state index in [0.29, 0.717) is 24.5 Å². The number of hydrazine groups is 1. The van der Waals surface area contributed by atoms with Crippen LogP contribution in [0.3, 0.4) is 0 Å². The minimum Gasteiger partial charge on any atom is -0.495 e. The number of carbonyl (C=O) groups excluding carboxylic acids is 2. The molecule has 0 saturated heterocycles. The fourth-order valence-corrected chi connectivity index (χ4v) is 4.05. The van der Waals surface area contributed by atoms with E-state index in [4.69, 9.17) is 9.47 Å². The smallest absolute Gasteiger partial charge is 0.269 e. The molecule has 3 N–H and O–H groups in total. The average Bonchev–Trinajstić information content (AvgIpc) is 2.86. The van der Waals surface area contributed by atoms with E-state index in [9.17, 15) is 18.0 Å². The monoisotopic (exact) mass is 483 g/mol. The van der Waals surface area contributed by atoms with Crippen LogP contribution in [0.15, 0.2) is 83.8 Å². The Bertz CT molecular complexity index is 1230. The van der Waals surface area contributed by atoms with Gasteiger partial charge in [-0.3, -0.25) is 25.2 Å². The number of carbonyl (C=O) groups is 2. The van der Waals surface area contributed by atoms with Crippen molar-refractivity contribution in [3.8, 4) is 11.5 Å². The second kappa shape index (κ2) is 11.7. The molecule has 0 fully saturated rings. The first-order valence-electron chi connectivity index (χ1n) is 10.4. The van der Waals surface area contributed by atoms with Crippen molar-refractivity contribution in [2.24, 2.45) is 0 Å². The number of para-hydroxylation sites is 3. The summed E-state index contributed by atoms with van der Waals surface area (Å²) >= 11 is 0. The van der Waals surface area contributed by atoms with E-state index in [2.05, 4.69) is 15.6 Å². The van der Waals surface area contributed by atoms with E-state index < -0.39 is 21.8 Å². The molecule has 0 radical (unpaired) electrons. The second-order valence-electron chi connectivity index (χ2n) is 7.10. The highest BCUT2D eigenvalue weighted by Crippen LogP contribution is 2.26. The zero-order chi connectivity index (χ0) is 24.4. The second-order valence-corrected chi connectivity index (χ2v) is 8.78. The summed E-state index contributed by atoms with van der Waals surface area (Å²) in [6.45, 7) is 0.352. The van der Waals surface area contributed by atoms with E-state index in [1.165, 1.54) is 31.4 Å². The molecule has 0 aliphatic heterocycles. The van der Waals surface area contributed by atoms with Crippen molar-refractivity contribution < 1.29 is 27.5 Å². The number of sulfonamides is 1. The summed E-state index contributed by atoms with van der Waals surface area (Å²) in [5.74, 6) is 0.0259. The fraction of sp³-hybridized carbons (Fsp3) is 0.167. The van der Waals surface area contributed by atoms with Gasteiger partial charge in [0.1, 0.15) is 11.5 Å². The van der Waals surface area contributed by atoms with Gasteiger partial charge in [0.2, 0.25) is 5.91 Å². The van der Waals surface area contributed by atoms with Gasteiger partial charge >= 0.3 is 0 Å². The number of nitrogens with one attached hydrogen (secondary N) is 3. The Morgan fingerprint density at radius 1 is 0.882 bits per heavy atom. The van der Waals surface area contributed by atoms with Crippen LogP contribution >= 0.6 is 0 Å². The molecule has 0 aromatic heterocycles. The van der Waals surface area contributed by atoms with Crippen LogP contribution in [0.2, 0.25) is 0 Å². The number of hydrogen-bond donors (Lipinski definition) is 3. The Morgan fingerprint density at radius 2 is 1.62 bits per heavy atom. The molecule has 0 unspecified atom stereocenters. The number of hydrogen-bond acceptors (Lipinski definition) is 6. The molecule has 0 spiro atoms. The molecule has 10 heteroatoms. The van der Waals surface area contributed by atoms with E-state index in [0.717, 1.165) is 0 Å². The van der Waals surface area contributed by atoms with Crippen molar-refractivity contribution in [3.63, 3.8) is 0 Å². The standard InChI is InChI=1S/C24H25N3O6S/c1-32-22-14-6-5-13-21(22)27-34(30,31)20-12-7-9-18(17-20)24(29)26-25-23(28)15-8-16-33-19-10-3-2-4-11-19/h2-7,9-14,17,27H,8,15-16H2,1H3,(H,25,28)(H,26,29). The van der Waals surface area contributed by atoms with Crippen molar-refractivity contribution in [1.82, 2.24) is 10.9 Å². The predicted molar refractivity (Wildman–Crippen MR) is 127 cm³/mol. The number of methoxy groups -OCH3 is 1. The van der Waals surface area contributed by atoms with Crippen LogP contribution in [-0.2, 0) is 14.8 Å². The highest BCUT2D eigenvalue weighted by molar-refractivity contribution is 7.92. The third-order valence-electron chi connectivity index (χ3n) is 4.63. The minimum atomic E-state index is -3.98. The van der Waals surface area contributed by atoms with Crippen molar-refractivity contribution in [2.75, 3.05) is 18.4 Å². The molecule has 2 amide bonds. The normalized spacial score (nSPS) is 10.7. The topological polar surface area (TPSA) is 123 Å². The predicted octanol–water partition coefficient (Wildman–Crippen LogP) is 3.12. The van der Waals surface area contributed by atoms with E-state index >= 15 is 0 Å². The lowest BCUT2D eigenvalue weighted by Gasteiger charge is -2.12. The molecule has 9 nitrogen and oxygen atoms in total. The molecule has 34 heavy (non-hydrogen) atoms. The Kier molecular flexibility index (Phi) is 8.47. The first-order valence-corrected chi connectivity index (χ1v) is 11.9. The van der Waals surface area contributed by atoms with Crippen LogP contribution in [-0.4, -0.2) is 33.9 Å². The van der Waals surface area contributed by atoms with Gasteiger partial charge in [-0.1, -0.05) is 36.4 Å².